The molecular formula is C43H47ClF2N8O12. The van der Waals surface area contributed by atoms with Crippen molar-refractivity contribution < 1.29 is 61.7 Å². The maximum absolute atomic E-state index is 15.7. The Labute approximate surface area is 379 Å². The first-order valence-electron chi connectivity index (χ1n) is 21.0. The first-order valence-corrected chi connectivity index (χ1v) is 21.4. The van der Waals surface area contributed by atoms with Crippen molar-refractivity contribution in [1.82, 2.24) is 41.0 Å². The van der Waals surface area contributed by atoms with Crippen LogP contribution in [-0.2, 0) is 73.1 Å². The van der Waals surface area contributed by atoms with Crippen LogP contribution in [0.3, 0.4) is 0 Å². The zero-order chi connectivity index (χ0) is 48.2. The fraction of sp³-hybridized carbons (Fsp3) is 0.442. The maximum Gasteiger partial charge on any atom is 0.343 e. The summed E-state index contributed by atoms with van der Waals surface area (Å²) in [7, 11) is 0. The minimum atomic E-state index is -2.12. The number of cyclic esters (lactones) is 1. The molecule has 3 aliphatic rings. The number of fused-ring (bicyclic) bond motifs is 5. The number of hydrogen-bond acceptors (Lipinski definition) is 13. The summed E-state index contributed by atoms with van der Waals surface area (Å²) in [5.41, 5.74) is -2.18. The molecule has 0 spiro atoms. The van der Waals surface area contributed by atoms with Gasteiger partial charge in [-0.25, -0.2) is 18.6 Å². The number of halogens is 3. The number of imide groups is 1. The Hall–Kier alpha value is -6.65. The first kappa shape index (κ1) is 48.8. The molecule has 3 aromatic rings. The number of pyridine rings is 2. The number of benzene rings is 1. The largest absolute Gasteiger partial charge is 0.458 e. The second-order valence-corrected chi connectivity index (χ2v) is 16.3. The van der Waals surface area contributed by atoms with Gasteiger partial charge >= 0.3 is 5.97 Å². The summed E-state index contributed by atoms with van der Waals surface area (Å²) in [6.45, 7) is 3.91. The number of nitrogens with one attached hydrogen (secondary N) is 5. The van der Waals surface area contributed by atoms with E-state index in [2.05, 4.69) is 31.6 Å². The molecule has 0 saturated carbocycles. The highest BCUT2D eigenvalue weighted by molar-refractivity contribution is 6.31. The van der Waals surface area contributed by atoms with Crippen LogP contribution < -0.4 is 32.1 Å². The van der Waals surface area contributed by atoms with E-state index in [1.807, 2.05) is 0 Å². The molecule has 0 aliphatic carbocycles. The van der Waals surface area contributed by atoms with Gasteiger partial charge in [0.1, 0.15) is 48.9 Å². The average molecular weight is 941 g/mol. The summed E-state index contributed by atoms with van der Waals surface area (Å²) < 4.78 is 42.1. The van der Waals surface area contributed by atoms with Gasteiger partial charge in [0.25, 0.3) is 17.4 Å². The van der Waals surface area contributed by atoms with Crippen LogP contribution in [0, 0.1) is 11.6 Å². The number of esters is 1. The topological polar surface area (TPSA) is 274 Å². The number of carbonyl (C=O) groups excluding carboxylic acids is 8. The molecule has 352 valence electrons. The van der Waals surface area contributed by atoms with E-state index >= 15 is 4.39 Å². The fourth-order valence-corrected chi connectivity index (χ4v) is 7.80. The molecule has 1 aromatic carbocycles. The zero-order valence-electron chi connectivity index (χ0n) is 36.2. The minimum absolute atomic E-state index is 0.0262. The van der Waals surface area contributed by atoms with E-state index in [-0.39, 0.29) is 88.8 Å². The SMILES string of the molecule is CC[C@@]1(O)C(=O)OCc2c1cc1n(c2=O)Cc2c-1nc1cc(F)c(Cl)c(F)c1c2CNC(=O)COCNC(=O)[C@H](C)NC(=O)[C@H](C)NC(=O)[C@H](C)NC(=O)CCCCCN1C(=O)C=CC1=O. The van der Waals surface area contributed by atoms with Gasteiger partial charge in [0.15, 0.2) is 11.4 Å². The summed E-state index contributed by atoms with van der Waals surface area (Å²) in [6.07, 6.45) is 3.91. The molecule has 0 radical (unpaired) electrons. The van der Waals surface area contributed by atoms with Gasteiger partial charge in [0.2, 0.25) is 29.5 Å². The van der Waals surface area contributed by atoms with E-state index in [9.17, 15) is 52.6 Å². The lowest BCUT2D eigenvalue weighted by atomic mass is 9.86. The predicted molar refractivity (Wildman–Crippen MR) is 227 cm³/mol. The summed E-state index contributed by atoms with van der Waals surface area (Å²) in [4.78, 5) is 119. The number of aliphatic hydroxyl groups is 1. The van der Waals surface area contributed by atoms with Crippen LogP contribution >= 0.6 is 11.6 Å². The van der Waals surface area contributed by atoms with Crippen molar-refractivity contribution in [3.63, 3.8) is 0 Å². The van der Waals surface area contributed by atoms with Gasteiger partial charge in [-0.05, 0) is 51.7 Å². The van der Waals surface area contributed by atoms with Crippen LogP contribution in [0.1, 0.15) is 82.1 Å². The zero-order valence-corrected chi connectivity index (χ0v) is 37.0. The second-order valence-electron chi connectivity index (χ2n) is 15.9. The maximum atomic E-state index is 15.7. The van der Waals surface area contributed by atoms with Crippen molar-refractivity contribution in [2.24, 2.45) is 0 Å². The summed E-state index contributed by atoms with van der Waals surface area (Å²) >= 11 is 5.95. The number of rotatable bonds is 19. The molecule has 0 fully saturated rings. The van der Waals surface area contributed by atoms with Crippen molar-refractivity contribution in [3.8, 4) is 11.4 Å². The number of hydrogen-bond donors (Lipinski definition) is 6. The Morgan fingerprint density at radius 1 is 0.894 bits per heavy atom. The van der Waals surface area contributed by atoms with Gasteiger partial charge < -0.3 is 45.7 Å². The molecule has 2 aromatic heterocycles. The monoisotopic (exact) mass is 940 g/mol. The van der Waals surface area contributed by atoms with Gasteiger partial charge in [-0.2, -0.15) is 0 Å². The van der Waals surface area contributed by atoms with E-state index < -0.39 is 101 Å². The van der Waals surface area contributed by atoms with E-state index in [4.69, 9.17) is 21.1 Å². The van der Waals surface area contributed by atoms with E-state index in [0.717, 1.165) is 11.0 Å². The standard InChI is InChI=1S/C43H47ClF2N8O12/c1-5-43(64)26-13-29-37-24(16-54(29)41(62)25(26)17-66-42(43)63)23(34-28(52-37)14-27(45)35(44)36(34)46)15-47-31(56)18-65-19-48-38(59)20(2)50-40(61)22(4)51-39(60)21(3)49-30(55)9-7-6-8-12-53-32(57)10-11-33(53)58/h10-11,13-14,20-22,64H,5-9,12,15-19H2,1-4H3,(H,47,56)(H,48,59)(H,49,55)(H,50,61)(H,51,60)/t20-,21-,22-,43-/m0/s1. The van der Waals surface area contributed by atoms with Gasteiger partial charge in [-0.1, -0.05) is 24.9 Å². The molecule has 0 unspecified atom stereocenters. The number of amides is 7. The lowest BCUT2D eigenvalue weighted by molar-refractivity contribution is -0.172. The summed E-state index contributed by atoms with van der Waals surface area (Å²) in [5.74, 6) is -7.18. The first-order chi connectivity index (χ1) is 31.3. The van der Waals surface area contributed by atoms with Crippen LogP contribution in [0.5, 0.6) is 0 Å². The van der Waals surface area contributed by atoms with Gasteiger partial charge in [-0.15, -0.1) is 0 Å². The lowest BCUT2D eigenvalue weighted by Crippen LogP contribution is -2.54. The Morgan fingerprint density at radius 3 is 2.21 bits per heavy atom. The number of nitrogens with zero attached hydrogens (tertiary/aromatic N) is 3. The van der Waals surface area contributed by atoms with Crippen molar-refractivity contribution >= 4 is 69.8 Å². The molecule has 66 heavy (non-hydrogen) atoms. The van der Waals surface area contributed by atoms with Crippen LogP contribution in [0.25, 0.3) is 22.3 Å². The third kappa shape index (κ3) is 10.1. The molecule has 6 rings (SSSR count). The Kier molecular flexibility index (Phi) is 15.0. The van der Waals surface area contributed by atoms with E-state index in [1.165, 1.54) is 50.5 Å². The molecule has 3 aliphatic heterocycles. The Bertz CT molecular complexity index is 2620. The highest BCUT2D eigenvalue weighted by Crippen LogP contribution is 2.41. The quantitative estimate of drug-likeness (QED) is 0.0249. The van der Waals surface area contributed by atoms with Crippen LogP contribution in [0.4, 0.5) is 8.78 Å². The number of aromatic nitrogens is 2. The lowest BCUT2D eigenvalue weighted by Gasteiger charge is -2.31. The van der Waals surface area contributed by atoms with Gasteiger partial charge in [0.05, 0.1) is 29.0 Å². The molecule has 4 atom stereocenters. The van der Waals surface area contributed by atoms with Gasteiger partial charge in [-0.3, -0.25) is 43.3 Å². The molecular weight excluding hydrogens is 894 g/mol. The average Bonchev–Trinajstić information content (AvgIpc) is 3.81. The Morgan fingerprint density at radius 2 is 1.55 bits per heavy atom. The van der Waals surface area contributed by atoms with Crippen molar-refractivity contribution in [2.45, 2.75) is 103 Å². The molecule has 23 heteroatoms. The van der Waals surface area contributed by atoms with E-state index in [0.29, 0.717) is 19.3 Å². The molecule has 5 heterocycles. The third-order valence-electron chi connectivity index (χ3n) is 11.4. The number of unbranched alkanes of at least 4 members (excludes halogenated alkanes) is 2. The molecule has 7 amide bonds. The molecule has 20 nitrogen and oxygen atoms in total. The fourth-order valence-electron chi connectivity index (χ4n) is 7.66. The number of ether oxygens (including phenoxy) is 2. The highest BCUT2D eigenvalue weighted by Gasteiger charge is 2.45. The molecule has 0 saturated heterocycles. The molecule has 0 bridgehead atoms. The Balaban J connectivity index is 0.967. The number of carbonyl (C=O) groups is 8. The van der Waals surface area contributed by atoms with Gasteiger partial charge in [0, 0.05) is 54.2 Å². The van der Waals surface area contributed by atoms with Crippen molar-refractivity contribution in [2.75, 3.05) is 19.9 Å². The summed E-state index contributed by atoms with van der Waals surface area (Å²) in [6, 6.07) is -0.899. The van der Waals surface area contributed by atoms with Crippen molar-refractivity contribution in [1.29, 1.82) is 0 Å². The van der Waals surface area contributed by atoms with Crippen LogP contribution in [0.2, 0.25) is 5.02 Å². The van der Waals surface area contributed by atoms with Crippen molar-refractivity contribution in [3.05, 3.63) is 73.5 Å². The third-order valence-corrected chi connectivity index (χ3v) is 11.8. The van der Waals surface area contributed by atoms with Crippen LogP contribution in [-0.4, -0.2) is 105 Å². The predicted octanol–water partition coefficient (Wildman–Crippen LogP) is 0.717. The molecule has 6 N–H and O–H groups in total. The highest BCUT2D eigenvalue weighted by atomic mass is 35.5. The second kappa shape index (κ2) is 20.3. The van der Waals surface area contributed by atoms with E-state index in [1.54, 1.807) is 0 Å². The normalized spacial score (nSPS) is 17.3. The van der Waals surface area contributed by atoms with Crippen LogP contribution in [0.15, 0.2) is 29.1 Å². The smallest absolute Gasteiger partial charge is 0.343 e. The minimum Gasteiger partial charge on any atom is -0.458 e. The summed E-state index contributed by atoms with van der Waals surface area (Å²) in [5, 5.41) is 22.6.